The molecule has 1 aromatic heterocycles. The van der Waals surface area contributed by atoms with Crippen molar-refractivity contribution in [2.24, 2.45) is 0 Å². The number of fused-ring (bicyclic) bond motifs is 1. The highest BCUT2D eigenvalue weighted by Crippen LogP contribution is 2.26. The molecule has 0 unspecified atom stereocenters. The van der Waals surface area contributed by atoms with Crippen molar-refractivity contribution in [2.45, 2.75) is 38.3 Å². The number of rotatable bonds is 8. The molecule has 0 bridgehead atoms. The molecule has 1 N–H and O–H groups in total. The minimum Gasteiger partial charge on any atom is -0.497 e. The van der Waals surface area contributed by atoms with Crippen molar-refractivity contribution in [1.29, 1.82) is 0 Å². The maximum atomic E-state index is 13.2. The van der Waals surface area contributed by atoms with Gasteiger partial charge >= 0.3 is 0 Å². The summed E-state index contributed by atoms with van der Waals surface area (Å²) in [7, 11) is 1.68. The molecule has 0 saturated carbocycles. The highest BCUT2D eigenvalue weighted by molar-refractivity contribution is 5.94. The van der Waals surface area contributed by atoms with Crippen LogP contribution < -0.4 is 10.1 Å². The van der Waals surface area contributed by atoms with Crippen LogP contribution in [0.3, 0.4) is 0 Å². The van der Waals surface area contributed by atoms with Crippen LogP contribution in [-0.4, -0.2) is 66.6 Å². The van der Waals surface area contributed by atoms with Crippen LogP contribution in [0.2, 0.25) is 0 Å². The highest BCUT2D eigenvalue weighted by atomic mass is 16.5. The van der Waals surface area contributed by atoms with Crippen molar-refractivity contribution < 1.29 is 14.3 Å². The first-order valence-corrected chi connectivity index (χ1v) is 11.1. The highest BCUT2D eigenvalue weighted by Gasteiger charge is 2.31. The van der Waals surface area contributed by atoms with Crippen molar-refractivity contribution in [1.82, 2.24) is 20.0 Å². The summed E-state index contributed by atoms with van der Waals surface area (Å²) in [5, 5.41) is 8.40. The summed E-state index contributed by atoms with van der Waals surface area (Å²) < 4.78 is 12.6. The molecule has 1 amide bonds. The number of benzene rings is 1. The average molecular weight is 425 g/mol. The average Bonchev–Trinajstić information content (AvgIpc) is 3.17. The number of carbonyl (C=O) groups is 1. The number of aromatic nitrogens is 2. The van der Waals surface area contributed by atoms with Gasteiger partial charge in [-0.15, -0.1) is 6.58 Å². The number of carbonyl (C=O) groups excluding carboxylic acids is 1. The molecule has 1 saturated heterocycles. The van der Waals surface area contributed by atoms with Crippen LogP contribution in [0.15, 0.2) is 36.9 Å². The molecular weight excluding hydrogens is 392 g/mol. The topological polar surface area (TPSA) is 68.6 Å². The Morgan fingerprint density at radius 1 is 1.32 bits per heavy atom. The lowest BCUT2D eigenvalue weighted by Crippen LogP contribution is -2.42. The van der Waals surface area contributed by atoms with Gasteiger partial charge in [0.2, 0.25) is 0 Å². The van der Waals surface area contributed by atoms with Crippen LogP contribution in [0, 0.1) is 0 Å². The summed E-state index contributed by atoms with van der Waals surface area (Å²) in [6.07, 6.45) is 5.61. The van der Waals surface area contributed by atoms with E-state index in [1.807, 2.05) is 27.8 Å². The van der Waals surface area contributed by atoms with E-state index in [4.69, 9.17) is 14.6 Å². The Balaban J connectivity index is 1.42. The van der Waals surface area contributed by atoms with Gasteiger partial charge < -0.3 is 19.7 Å². The van der Waals surface area contributed by atoms with Crippen LogP contribution in [0.1, 0.15) is 33.7 Å². The number of methoxy groups -OCH3 is 1. The molecule has 0 spiro atoms. The van der Waals surface area contributed by atoms with Crippen molar-refractivity contribution in [3.63, 3.8) is 0 Å². The van der Waals surface area contributed by atoms with Crippen LogP contribution in [-0.2, 0) is 30.5 Å². The molecule has 7 heteroatoms. The van der Waals surface area contributed by atoms with Gasteiger partial charge in [-0.25, -0.2) is 0 Å². The van der Waals surface area contributed by atoms with Gasteiger partial charge in [0.05, 0.1) is 26.9 Å². The molecule has 0 radical (unpaired) electrons. The Morgan fingerprint density at radius 2 is 2.10 bits per heavy atom. The second kappa shape index (κ2) is 10.1. The van der Waals surface area contributed by atoms with Gasteiger partial charge in [-0.05, 0) is 49.9 Å². The molecule has 1 aromatic carbocycles. The summed E-state index contributed by atoms with van der Waals surface area (Å²) >= 11 is 0. The van der Waals surface area contributed by atoms with Gasteiger partial charge in [-0.1, -0.05) is 18.2 Å². The lowest BCUT2D eigenvalue weighted by atomic mass is 9.91. The molecule has 4 rings (SSSR count). The largest absolute Gasteiger partial charge is 0.497 e. The lowest BCUT2D eigenvalue weighted by molar-refractivity contribution is 0.0297. The first kappa shape index (κ1) is 21.6. The fraction of sp³-hybridized carbons (Fsp3) is 0.500. The number of amides is 1. The molecule has 1 aliphatic heterocycles. The van der Waals surface area contributed by atoms with Gasteiger partial charge in [0, 0.05) is 30.4 Å². The zero-order valence-corrected chi connectivity index (χ0v) is 18.3. The third kappa shape index (κ3) is 4.99. The van der Waals surface area contributed by atoms with E-state index in [2.05, 4.69) is 24.0 Å². The zero-order chi connectivity index (χ0) is 21.6. The lowest BCUT2D eigenvalue weighted by Gasteiger charge is -2.28. The van der Waals surface area contributed by atoms with E-state index in [9.17, 15) is 4.79 Å². The molecular formula is C24H32N4O3. The van der Waals surface area contributed by atoms with Crippen LogP contribution in [0.4, 0.5) is 0 Å². The number of ether oxygens (including phenoxy) is 2. The predicted molar refractivity (Wildman–Crippen MR) is 120 cm³/mol. The molecule has 2 aliphatic rings. The number of hydrogen-bond acceptors (Lipinski definition) is 5. The molecule has 7 nitrogen and oxygen atoms in total. The SMILES string of the molecule is C=CCn1nc(C(=O)N2CCOCC2)c2c1CC[C@H](NCCc1ccc(OC)cc1)C2. The maximum Gasteiger partial charge on any atom is 0.274 e. The Morgan fingerprint density at radius 3 is 2.81 bits per heavy atom. The summed E-state index contributed by atoms with van der Waals surface area (Å²) in [4.78, 5) is 15.1. The Hall–Kier alpha value is -2.64. The van der Waals surface area contributed by atoms with E-state index < -0.39 is 0 Å². The molecule has 31 heavy (non-hydrogen) atoms. The van der Waals surface area contributed by atoms with Crippen LogP contribution >= 0.6 is 0 Å². The number of hydrogen-bond donors (Lipinski definition) is 1. The third-order valence-electron chi connectivity index (χ3n) is 6.16. The van der Waals surface area contributed by atoms with Crippen molar-refractivity contribution in [3.8, 4) is 5.75 Å². The van der Waals surface area contributed by atoms with Crippen molar-refractivity contribution in [2.75, 3.05) is 40.0 Å². The van der Waals surface area contributed by atoms with Gasteiger partial charge in [-0.3, -0.25) is 9.48 Å². The second-order valence-electron chi connectivity index (χ2n) is 8.14. The van der Waals surface area contributed by atoms with Crippen molar-refractivity contribution >= 4 is 5.91 Å². The van der Waals surface area contributed by atoms with E-state index in [0.29, 0.717) is 44.6 Å². The standard InChI is InChI=1S/C24H32N4O3/c1-3-12-28-22-9-6-19(25-11-10-18-4-7-20(30-2)8-5-18)17-21(22)23(26-28)24(29)27-13-15-31-16-14-27/h3-5,7-8,19,25H,1,6,9-17H2,2H3/t19-/m0/s1. The summed E-state index contributed by atoms with van der Waals surface area (Å²) in [5.41, 5.74) is 4.18. The van der Waals surface area contributed by atoms with Gasteiger partial charge in [0.25, 0.3) is 5.91 Å². The molecule has 2 heterocycles. The van der Waals surface area contributed by atoms with E-state index in [1.54, 1.807) is 7.11 Å². The van der Waals surface area contributed by atoms with Crippen LogP contribution in [0.25, 0.3) is 0 Å². The summed E-state index contributed by atoms with van der Waals surface area (Å²) in [6.45, 7) is 7.84. The minimum absolute atomic E-state index is 0.0289. The Kier molecular flexibility index (Phi) is 7.04. The van der Waals surface area contributed by atoms with E-state index >= 15 is 0 Å². The fourth-order valence-electron chi connectivity index (χ4n) is 4.44. The number of nitrogens with one attached hydrogen (secondary N) is 1. The van der Waals surface area contributed by atoms with Crippen molar-refractivity contribution in [3.05, 3.63) is 59.4 Å². The molecule has 1 fully saturated rings. The quantitative estimate of drug-likeness (QED) is 0.659. The Labute approximate surface area is 184 Å². The normalized spacial score (nSPS) is 18.5. The fourth-order valence-corrected chi connectivity index (χ4v) is 4.44. The monoisotopic (exact) mass is 424 g/mol. The van der Waals surface area contributed by atoms with E-state index in [-0.39, 0.29) is 5.91 Å². The third-order valence-corrected chi connectivity index (χ3v) is 6.16. The van der Waals surface area contributed by atoms with Gasteiger partial charge in [0.15, 0.2) is 5.69 Å². The Bertz CT molecular complexity index is 900. The van der Waals surface area contributed by atoms with Crippen LogP contribution in [0.5, 0.6) is 5.75 Å². The predicted octanol–water partition coefficient (Wildman–Crippen LogP) is 2.24. The molecule has 1 atom stereocenters. The first-order valence-electron chi connectivity index (χ1n) is 11.1. The number of allylic oxidation sites excluding steroid dienone is 1. The summed E-state index contributed by atoms with van der Waals surface area (Å²) in [5.74, 6) is 0.909. The minimum atomic E-state index is 0.0289. The van der Waals surface area contributed by atoms with Gasteiger partial charge in [-0.2, -0.15) is 5.10 Å². The number of nitrogens with zero attached hydrogens (tertiary/aromatic N) is 3. The van der Waals surface area contributed by atoms with Gasteiger partial charge in [0.1, 0.15) is 5.75 Å². The molecule has 166 valence electrons. The maximum absolute atomic E-state index is 13.2. The number of morpholine rings is 1. The van der Waals surface area contributed by atoms with E-state index in [1.165, 1.54) is 11.3 Å². The first-order chi connectivity index (χ1) is 15.2. The smallest absolute Gasteiger partial charge is 0.274 e. The molecule has 1 aliphatic carbocycles. The molecule has 2 aromatic rings. The second-order valence-corrected chi connectivity index (χ2v) is 8.14. The zero-order valence-electron chi connectivity index (χ0n) is 18.3. The summed E-state index contributed by atoms with van der Waals surface area (Å²) in [6, 6.07) is 8.57. The van der Waals surface area contributed by atoms with E-state index in [0.717, 1.165) is 43.5 Å².